The van der Waals surface area contributed by atoms with Crippen LogP contribution in [0.1, 0.15) is 31.0 Å². The Bertz CT molecular complexity index is 1250. The van der Waals surface area contributed by atoms with Crippen molar-refractivity contribution in [1.82, 2.24) is 10.7 Å². The third-order valence-corrected chi connectivity index (χ3v) is 5.24. The van der Waals surface area contributed by atoms with Gasteiger partial charge in [-0.2, -0.15) is 5.10 Å². The van der Waals surface area contributed by atoms with Gasteiger partial charge in [-0.3, -0.25) is 14.4 Å². The molecule has 0 fully saturated rings. The first kappa shape index (κ1) is 27.2. The summed E-state index contributed by atoms with van der Waals surface area (Å²) in [6, 6.07) is 20.6. The Morgan fingerprint density at radius 2 is 1.70 bits per heavy atom. The number of hydrazone groups is 1. The minimum Gasteiger partial charge on any atom is -0.494 e. The number of benzene rings is 3. The summed E-state index contributed by atoms with van der Waals surface area (Å²) in [4.78, 5) is 36.6. The van der Waals surface area contributed by atoms with Gasteiger partial charge in [0.25, 0.3) is 5.91 Å². The zero-order chi connectivity index (χ0) is 26.6. The van der Waals surface area contributed by atoms with Gasteiger partial charge in [-0.1, -0.05) is 41.9 Å². The Morgan fingerprint density at radius 1 is 0.973 bits per heavy atom. The smallest absolute Gasteiger partial charge is 0.329 e. The highest BCUT2D eigenvalue weighted by Crippen LogP contribution is 2.22. The second-order valence-corrected chi connectivity index (χ2v) is 8.22. The van der Waals surface area contributed by atoms with E-state index in [-0.39, 0.29) is 18.6 Å². The second kappa shape index (κ2) is 13.6. The summed E-state index contributed by atoms with van der Waals surface area (Å²) in [5.74, 6) is -1.12. The van der Waals surface area contributed by atoms with Gasteiger partial charge >= 0.3 is 11.8 Å². The lowest BCUT2D eigenvalue weighted by molar-refractivity contribution is -0.139. The van der Waals surface area contributed by atoms with Crippen LogP contribution in [-0.2, 0) is 14.4 Å². The molecule has 0 spiro atoms. The van der Waals surface area contributed by atoms with Crippen LogP contribution in [0.25, 0.3) is 0 Å². The van der Waals surface area contributed by atoms with Crippen molar-refractivity contribution in [3.05, 3.63) is 88.9 Å². The van der Waals surface area contributed by atoms with Gasteiger partial charge in [-0.15, -0.1) is 0 Å². The van der Waals surface area contributed by atoms with Crippen molar-refractivity contribution >= 4 is 41.2 Å². The van der Waals surface area contributed by atoms with Crippen LogP contribution in [0.15, 0.2) is 77.9 Å². The van der Waals surface area contributed by atoms with E-state index in [9.17, 15) is 14.4 Å². The van der Waals surface area contributed by atoms with Crippen LogP contribution in [0.5, 0.6) is 11.5 Å². The Hall–Kier alpha value is -4.37. The summed E-state index contributed by atoms with van der Waals surface area (Å²) in [6.07, 6.45) is 1.28. The molecule has 3 N–H and O–H groups in total. The molecule has 0 aliphatic heterocycles. The summed E-state index contributed by atoms with van der Waals surface area (Å²) >= 11 is 6.07. The number of carbonyl (C=O) groups is 3. The molecule has 0 bridgehead atoms. The molecule has 3 aromatic rings. The van der Waals surface area contributed by atoms with Gasteiger partial charge in [0.05, 0.1) is 18.9 Å². The van der Waals surface area contributed by atoms with E-state index in [1.165, 1.54) is 6.21 Å². The van der Waals surface area contributed by atoms with Crippen LogP contribution < -0.4 is 25.5 Å². The number of amides is 3. The fraction of sp³-hybridized carbons (Fsp3) is 0.185. The van der Waals surface area contributed by atoms with Crippen LogP contribution in [0.4, 0.5) is 5.69 Å². The molecule has 3 rings (SSSR count). The summed E-state index contributed by atoms with van der Waals surface area (Å²) < 4.78 is 11.0. The van der Waals surface area contributed by atoms with E-state index >= 15 is 0 Å². The number of nitrogens with zero attached hydrogens (tertiary/aromatic N) is 1. The Morgan fingerprint density at radius 3 is 2.41 bits per heavy atom. The summed E-state index contributed by atoms with van der Waals surface area (Å²) in [5, 5.41) is 9.56. The number of halogens is 1. The van der Waals surface area contributed by atoms with Crippen molar-refractivity contribution < 1.29 is 23.9 Å². The number of nitrogens with one attached hydrogen (secondary N) is 3. The van der Waals surface area contributed by atoms with Gasteiger partial charge in [0.1, 0.15) is 11.5 Å². The van der Waals surface area contributed by atoms with Crippen molar-refractivity contribution in [3.8, 4) is 11.5 Å². The van der Waals surface area contributed by atoms with Crippen LogP contribution >= 0.6 is 11.6 Å². The molecule has 0 aliphatic carbocycles. The van der Waals surface area contributed by atoms with E-state index in [1.807, 2.05) is 37.3 Å². The zero-order valence-corrected chi connectivity index (χ0v) is 21.1. The maximum absolute atomic E-state index is 12.3. The van der Waals surface area contributed by atoms with Crippen LogP contribution in [-0.4, -0.2) is 37.1 Å². The van der Waals surface area contributed by atoms with E-state index < -0.39 is 11.8 Å². The maximum Gasteiger partial charge on any atom is 0.329 e. The predicted octanol–water partition coefficient (Wildman–Crippen LogP) is 4.08. The molecule has 0 heterocycles. The van der Waals surface area contributed by atoms with Gasteiger partial charge in [0, 0.05) is 16.3 Å². The zero-order valence-electron chi connectivity index (χ0n) is 20.4. The predicted molar refractivity (Wildman–Crippen MR) is 142 cm³/mol. The van der Waals surface area contributed by atoms with Crippen molar-refractivity contribution in [2.24, 2.45) is 5.10 Å². The monoisotopic (exact) mass is 522 g/mol. The largest absolute Gasteiger partial charge is 0.494 e. The molecule has 10 heteroatoms. The average molecular weight is 523 g/mol. The van der Waals surface area contributed by atoms with E-state index in [0.29, 0.717) is 34.4 Å². The van der Waals surface area contributed by atoms with E-state index in [0.717, 1.165) is 5.56 Å². The van der Waals surface area contributed by atoms with Gasteiger partial charge in [0.2, 0.25) is 0 Å². The quantitative estimate of drug-likeness (QED) is 0.211. The number of hydrogen-bond acceptors (Lipinski definition) is 6. The van der Waals surface area contributed by atoms with Crippen molar-refractivity contribution in [3.63, 3.8) is 0 Å². The molecule has 3 aromatic carbocycles. The lowest BCUT2D eigenvalue weighted by Crippen LogP contribution is -2.39. The van der Waals surface area contributed by atoms with Crippen molar-refractivity contribution in [2.45, 2.75) is 19.9 Å². The normalized spacial score (nSPS) is 11.4. The minimum absolute atomic E-state index is 0.276. The number of hydrogen-bond donors (Lipinski definition) is 3. The lowest BCUT2D eigenvalue weighted by Gasteiger charge is -2.13. The Balaban J connectivity index is 1.53. The van der Waals surface area contributed by atoms with Gasteiger partial charge < -0.3 is 20.1 Å². The molecule has 37 heavy (non-hydrogen) atoms. The number of carbonyl (C=O) groups excluding carboxylic acids is 3. The third kappa shape index (κ3) is 8.66. The Kier molecular flexibility index (Phi) is 10.0. The molecular formula is C27H27ClN4O5. The average Bonchev–Trinajstić information content (AvgIpc) is 2.90. The molecule has 0 radical (unpaired) electrons. The highest BCUT2D eigenvalue weighted by Gasteiger charge is 2.16. The maximum atomic E-state index is 12.3. The third-order valence-electron chi connectivity index (χ3n) is 5.00. The van der Waals surface area contributed by atoms with E-state index in [1.54, 1.807) is 49.4 Å². The topological polar surface area (TPSA) is 118 Å². The highest BCUT2D eigenvalue weighted by atomic mass is 35.5. The molecule has 0 unspecified atom stereocenters. The Labute approximate surface area is 219 Å². The van der Waals surface area contributed by atoms with Crippen LogP contribution in [0.2, 0.25) is 5.02 Å². The molecular weight excluding hydrogens is 496 g/mol. The molecule has 0 saturated heterocycles. The van der Waals surface area contributed by atoms with Gasteiger partial charge in [-0.05, 0) is 61.9 Å². The van der Waals surface area contributed by atoms with E-state index in [2.05, 4.69) is 21.2 Å². The fourth-order valence-electron chi connectivity index (χ4n) is 3.19. The number of ether oxygens (including phenoxy) is 2. The molecule has 0 aromatic heterocycles. The molecule has 9 nitrogen and oxygen atoms in total. The molecule has 192 valence electrons. The van der Waals surface area contributed by atoms with Crippen molar-refractivity contribution in [1.29, 1.82) is 0 Å². The first-order valence-corrected chi connectivity index (χ1v) is 11.9. The standard InChI is InChI=1S/C27H27ClN4O5/c1-3-36-23-12-10-22(11-13-23)31-25(33)17-37-24-14-9-21(28)15-20(24)16-29-32-27(35)26(34)30-18(2)19-7-5-4-6-8-19/h4-16,18H,3,17H2,1-2H3,(H,30,34)(H,31,33)(H,32,35)/b29-16-/t18-/m1/s1. The van der Waals surface area contributed by atoms with Gasteiger partial charge in [0.15, 0.2) is 6.61 Å². The fourth-order valence-corrected chi connectivity index (χ4v) is 3.37. The lowest BCUT2D eigenvalue weighted by atomic mass is 10.1. The minimum atomic E-state index is -0.932. The van der Waals surface area contributed by atoms with E-state index in [4.69, 9.17) is 21.1 Å². The first-order valence-electron chi connectivity index (χ1n) is 11.5. The first-order chi connectivity index (χ1) is 17.9. The summed E-state index contributed by atoms with van der Waals surface area (Å²) in [6.45, 7) is 3.94. The van der Waals surface area contributed by atoms with Gasteiger partial charge in [-0.25, -0.2) is 5.43 Å². The van der Waals surface area contributed by atoms with Crippen molar-refractivity contribution in [2.75, 3.05) is 18.5 Å². The second-order valence-electron chi connectivity index (χ2n) is 7.78. The van der Waals surface area contributed by atoms with Crippen LogP contribution in [0.3, 0.4) is 0 Å². The summed E-state index contributed by atoms with van der Waals surface area (Å²) in [7, 11) is 0. The molecule has 1 atom stereocenters. The molecule has 0 aliphatic rings. The molecule has 0 saturated carbocycles. The number of anilines is 1. The molecule has 3 amide bonds. The highest BCUT2D eigenvalue weighted by molar-refractivity contribution is 6.35. The SMILES string of the molecule is CCOc1ccc(NC(=O)COc2ccc(Cl)cc2/C=N\NC(=O)C(=O)N[C@H](C)c2ccccc2)cc1. The van der Waals surface area contributed by atoms with Crippen LogP contribution in [0, 0.1) is 0 Å². The number of rotatable bonds is 10. The summed E-state index contributed by atoms with van der Waals surface area (Å²) in [5.41, 5.74) is 4.03.